The molecule has 5 nitrogen and oxygen atoms in total. The number of hydrogen-bond donors (Lipinski definition) is 2. The van der Waals surface area contributed by atoms with Gasteiger partial charge >= 0.3 is 5.69 Å². The van der Waals surface area contributed by atoms with Crippen LogP contribution in [0.3, 0.4) is 0 Å². The van der Waals surface area contributed by atoms with Gasteiger partial charge in [-0.25, -0.2) is 9.18 Å². The third-order valence-electron chi connectivity index (χ3n) is 5.63. The van der Waals surface area contributed by atoms with Crippen molar-refractivity contribution in [2.75, 3.05) is 19.6 Å². The van der Waals surface area contributed by atoms with Gasteiger partial charge in [-0.15, -0.1) is 0 Å². The predicted octanol–water partition coefficient (Wildman–Crippen LogP) is 3.52. The molecule has 0 atom stereocenters. The number of aromatic nitrogens is 2. The molecule has 0 aliphatic carbocycles. The fourth-order valence-corrected chi connectivity index (χ4v) is 4.03. The molecule has 1 aliphatic rings. The van der Waals surface area contributed by atoms with Gasteiger partial charge in [-0.2, -0.15) is 0 Å². The van der Waals surface area contributed by atoms with E-state index in [1.54, 1.807) is 0 Å². The van der Waals surface area contributed by atoms with Crippen molar-refractivity contribution in [3.05, 3.63) is 69.9 Å². The van der Waals surface area contributed by atoms with E-state index in [1.165, 1.54) is 17.7 Å². The van der Waals surface area contributed by atoms with Gasteiger partial charge in [0.15, 0.2) is 5.78 Å². The van der Waals surface area contributed by atoms with E-state index in [2.05, 4.69) is 39.1 Å². The number of nitrogens with one attached hydrogen (secondary N) is 2. The molecule has 6 heteroatoms. The third-order valence-corrected chi connectivity index (χ3v) is 5.63. The zero-order valence-corrected chi connectivity index (χ0v) is 15.7. The Labute approximate surface area is 162 Å². The molecule has 146 valence electrons. The molecule has 4 rings (SSSR count). The van der Waals surface area contributed by atoms with Crippen molar-refractivity contribution < 1.29 is 9.18 Å². The normalized spacial score (nSPS) is 15.9. The summed E-state index contributed by atoms with van der Waals surface area (Å²) in [6.45, 7) is 2.58. The first-order valence-electron chi connectivity index (χ1n) is 9.79. The number of Topliss-reactive ketones (excluding diaryl/α,β-unsaturated/α-hetero) is 1. The molecular weight excluding hydrogens is 357 g/mol. The Morgan fingerprint density at radius 3 is 2.46 bits per heavy atom. The Morgan fingerprint density at radius 1 is 1.07 bits per heavy atom. The molecular formula is C22H24FN3O2. The first-order valence-corrected chi connectivity index (χ1v) is 9.79. The fourth-order valence-electron chi connectivity index (χ4n) is 4.03. The third kappa shape index (κ3) is 4.22. The molecule has 0 unspecified atom stereocenters. The first kappa shape index (κ1) is 18.6. The van der Waals surface area contributed by atoms with Crippen LogP contribution >= 0.6 is 0 Å². The quantitative estimate of drug-likeness (QED) is 0.642. The number of likely N-dealkylation sites (tertiary alicyclic amines) is 1. The second kappa shape index (κ2) is 8.10. The van der Waals surface area contributed by atoms with E-state index in [0.29, 0.717) is 23.5 Å². The van der Waals surface area contributed by atoms with Gasteiger partial charge in [0, 0.05) is 19.0 Å². The lowest BCUT2D eigenvalue weighted by molar-refractivity contribution is 0.0947. The summed E-state index contributed by atoms with van der Waals surface area (Å²) in [5, 5.41) is 0. The van der Waals surface area contributed by atoms with Gasteiger partial charge in [-0.3, -0.25) is 4.79 Å². The predicted molar refractivity (Wildman–Crippen MR) is 107 cm³/mol. The molecule has 0 radical (unpaired) electrons. The molecule has 3 aromatic rings. The van der Waals surface area contributed by atoms with Crippen LogP contribution in [0.1, 0.15) is 35.2 Å². The van der Waals surface area contributed by atoms with E-state index >= 15 is 0 Å². The summed E-state index contributed by atoms with van der Waals surface area (Å²) in [5.41, 5.74) is 1.85. The minimum absolute atomic E-state index is 0.0433. The summed E-state index contributed by atoms with van der Waals surface area (Å²) >= 11 is 0. The van der Waals surface area contributed by atoms with Gasteiger partial charge in [-0.05, 0) is 49.9 Å². The number of imidazole rings is 1. The summed E-state index contributed by atoms with van der Waals surface area (Å²) in [5.74, 6) is -0.137. The minimum atomic E-state index is -0.589. The zero-order chi connectivity index (χ0) is 19.5. The zero-order valence-electron chi connectivity index (χ0n) is 15.7. The second-order valence-corrected chi connectivity index (χ2v) is 7.60. The van der Waals surface area contributed by atoms with E-state index in [4.69, 9.17) is 0 Å². The monoisotopic (exact) mass is 381 g/mol. The lowest BCUT2D eigenvalue weighted by atomic mass is 9.90. The summed E-state index contributed by atoms with van der Waals surface area (Å²) in [6.07, 6.45) is 3.62. The van der Waals surface area contributed by atoms with Gasteiger partial charge in [0.1, 0.15) is 5.82 Å². The van der Waals surface area contributed by atoms with Crippen molar-refractivity contribution in [3.63, 3.8) is 0 Å². The van der Waals surface area contributed by atoms with Crippen molar-refractivity contribution in [2.45, 2.75) is 25.7 Å². The second-order valence-electron chi connectivity index (χ2n) is 7.60. The van der Waals surface area contributed by atoms with Gasteiger partial charge in [0.25, 0.3) is 0 Å². The maximum atomic E-state index is 14.2. The van der Waals surface area contributed by atoms with Crippen LogP contribution < -0.4 is 5.69 Å². The average molecular weight is 381 g/mol. The number of rotatable bonds is 6. The first-order chi connectivity index (χ1) is 13.6. The summed E-state index contributed by atoms with van der Waals surface area (Å²) in [7, 11) is 0. The van der Waals surface area contributed by atoms with Crippen LogP contribution in [-0.4, -0.2) is 40.3 Å². The molecule has 0 bridgehead atoms. The molecule has 1 saturated heterocycles. The van der Waals surface area contributed by atoms with Crippen LogP contribution in [-0.2, 0) is 6.42 Å². The summed E-state index contributed by atoms with van der Waals surface area (Å²) in [6, 6.07) is 13.2. The Hall–Kier alpha value is -2.73. The molecule has 1 aliphatic heterocycles. The summed E-state index contributed by atoms with van der Waals surface area (Å²) in [4.78, 5) is 31.2. The highest BCUT2D eigenvalue weighted by atomic mass is 19.1. The smallest absolute Gasteiger partial charge is 0.306 e. The Bertz CT molecular complexity index is 1020. The number of halogens is 1. The van der Waals surface area contributed by atoms with E-state index in [-0.39, 0.29) is 17.8 Å². The fraction of sp³-hybridized carbons (Fsp3) is 0.364. The van der Waals surface area contributed by atoms with Crippen LogP contribution in [0.4, 0.5) is 4.39 Å². The number of nitrogens with zero attached hydrogens (tertiary/aromatic N) is 1. The lowest BCUT2D eigenvalue weighted by Crippen LogP contribution is -2.35. The van der Waals surface area contributed by atoms with Gasteiger partial charge in [0.2, 0.25) is 0 Å². The Kier molecular flexibility index (Phi) is 5.39. The number of aromatic amines is 2. The van der Waals surface area contributed by atoms with Crippen LogP contribution in [0.2, 0.25) is 0 Å². The maximum absolute atomic E-state index is 14.2. The largest absolute Gasteiger partial charge is 0.323 e. The highest BCUT2D eigenvalue weighted by Crippen LogP contribution is 2.22. The molecule has 2 aromatic carbocycles. The van der Waals surface area contributed by atoms with Crippen molar-refractivity contribution in [3.8, 4) is 0 Å². The molecule has 28 heavy (non-hydrogen) atoms. The number of hydrogen-bond acceptors (Lipinski definition) is 3. The SMILES string of the molecule is O=C(CCN1CCC(Cc2ccccc2)CC1)c1cc2[nH]c(=O)[nH]c2cc1F. The van der Waals surface area contributed by atoms with Gasteiger partial charge in [0.05, 0.1) is 16.6 Å². The number of fused-ring (bicyclic) bond motifs is 1. The molecule has 0 spiro atoms. The number of ketones is 1. The number of benzene rings is 2. The molecule has 2 N–H and O–H groups in total. The van der Waals surface area contributed by atoms with E-state index < -0.39 is 11.5 Å². The van der Waals surface area contributed by atoms with Crippen LogP contribution in [0.5, 0.6) is 0 Å². The van der Waals surface area contributed by atoms with Crippen molar-refractivity contribution in [2.24, 2.45) is 5.92 Å². The number of carbonyl (C=O) groups is 1. The molecule has 0 saturated carbocycles. The van der Waals surface area contributed by atoms with E-state index in [9.17, 15) is 14.0 Å². The lowest BCUT2D eigenvalue weighted by Gasteiger charge is -2.31. The number of carbonyl (C=O) groups excluding carboxylic acids is 1. The van der Waals surface area contributed by atoms with E-state index in [1.807, 2.05) is 6.07 Å². The van der Waals surface area contributed by atoms with Crippen LogP contribution in [0, 0.1) is 11.7 Å². The Balaban J connectivity index is 1.30. The number of H-pyrrole nitrogens is 2. The number of piperidine rings is 1. The van der Waals surface area contributed by atoms with Crippen molar-refractivity contribution in [1.29, 1.82) is 0 Å². The molecule has 1 fully saturated rings. The van der Waals surface area contributed by atoms with Crippen molar-refractivity contribution in [1.82, 2.24) is 14.9 Å². The van der Waals surface area contributed by atoms with Gasteiger partial charge < -0.3 is 14.9 Å². The minimum Gasteiger partial charge on any atom is -0.306 e. The topological polar surface area (TPSA) is 69.0 Å². The molecule has 1 aromatic heterocycles. The Morgan fingerprint density at radius 2 is 1.75 bits per heavy atom. The highest BCUT2D eigenvalue weighted by Gasteiger charge is 2.21. The van der Waals surface area contributed by atoms with Gasteiger partial charge in [-0.1, -0.05) is 30.3 Å². The van der Waals surface area contributed by atoms with E-state index in [0.717, 1.165) is 32.4 Å². The van der Waals surface area contributed by atoms with Crippen molar-refractivity contribution >= 4 is 16.8 Å². The average Bonchev–Trinajstić information content (AvgIpc) is 3.06. The molecule has 2 heterocycles. The van der Waals surface area contributed by atoms with Crippen LogP contribution in [0.15, 0.2) is 47.3 Å². The van der Waals surface area contributed by atoms with Crippen LogP contribution in [0.25, 0.3) is 11.0 Å². The molecule has 0 amide bonds. The highest BCUT2D eigenvalue weighted by molar-refractivity contribution is 5.99. The standard InChI is InChI=1S/C22H24FN3O2/c23-18-14-20-19(24-22(28)25-20)13-17(18)21(27)8-11-26-9-6-16(7-10-26)12-15-4-2-1-3-5-15/h1-5,13-14,16H,6-12H2,(H2,24,25,28). The maximum Gasteiger partial charge on any atom is 0.323 e. The summed E-state index contributed by atoms with van der Waals surface area (Å²) < 4.78 is 14.2.